The van der Waals surface area contributed by atoms with E-state index in [0.717, 1.165) is 55.1 Å². The van der Waals surface area contributed by atoms with Gasteiger partial charge in [0.25, 0.3) is 5.91 Å². The number of nitrogens with zero attached hydrogens (tertiary/aromatic N) is 3. The second-order valence-corrected chi connectivity index (χ2v) is 9.74. The molecule has 0 radical (unpaired) electrons. The van der Waals surface area contributed by atoms with Gasteiger partial charge in [-0.3, -0.25) is 14.8 Å². The Kier molecular flexibility index (Phi) is 6.52. The molecule has 3 aromatic rings. The van der Waals surface area contributed by atoms with Gasteiger partial charge in [-0.25, -0.2) is 4.39 Å². The van der Waals surface area contributed by atoms with Crippen LogP contribution in [-0.4, -0.2) is 27.2 Å². The zero-order valence-electron chi connectivity index (χ0n) is 19.4. The van der Waals surface area contributed by atoms with E-state index < -0.39 is 11.9 Å². The summed E-state index contributed by atoms with van der Waals surface area (Å²) < 4.78 is 13.2. The summed E-state index contributed by atoms with van der Waals surface area (Å²) in [5.41, 5.74) is 3.96. The van der Waals surface area contributed by atoms with E-state index in [1.807, 2.05) is 25.1 Å². The lowest BCUT2D eigenvalue weighted by molar-refractivity contribution is -0.0449. The molecule has 1 aromatic carbocycles. The minimum atomic E-state index is -0.421. The fourth-order valence-corrected chi connectivity index (χ4v) is 4.87. The predicted octanol–water partition coefficient (Wildman–Crippen LogP) is 6.25. The summed E-state index contributed by atoms with van der Waals surface area (Å²) in [4.78, 5) is 27.7. The highest BCUT2D eigenvalue weighted by Gasteiger charge is 2.40. The van der Waals surface area contributed by atoms with Crippen LogP contribution in [0.3, 0.4) is 0 Å². The Hall–Kier alpha value is -3.32. The van der Waals surface area contributed by atoms with Gasteiger partial charge >= 0.3 is 0 Å². The second kappa shape index (κ2) is 9.74. The van der Waals surface area contributed by atoms with Crippen molar-refractivity contribution in [3.8, 4) is 11.3 Å². The number of pyridine rings is 2. The van der Waals surface area contributed by atoms with Crippen molar-refractivity contribution in [1.82, 2.24) is 15.3 Å². The van der Waals surface area contributed by atoms with E-state index in [-0.39, 0.29) is 11.5 Å². The Morgan fingerprint density at radius 2 is 1.86 bits per heavy atom. The summed E-state index contributed by atoms with van der Waals surface area (Å²) in [5.74, 6) is -0.692. The molecule has 1 aliphatic heterocycles. The first-order valence-electron chi connectivity index (χ1n) is 11.9. The van der Waals surface area contributed by atoms with Gasteiger partial charge in [-0.2, -0.15) is 0 Å². The van der Waals surface area contributed by atoms with Gasteiger partial charge in [-0.15, -0.1) is 0 Å². The summed E-state index contributed by atoms with van der Waals surface area (Å²) in [6.07, 6.45) is 8.94. The number of nitrogens with one attached hydrogen (secondary N) is 1. The van der Waals surface area contributed by atoms with Crippen LogP contribution in [0.2, 0.25) is 5.02 Å². The van der Waals surface area contributed by atoms with Crippen LogP contribution in [0.5, 0.6) is 0 Å². The van der Waals surface area contributed by atoms with Crippen molar-refractivity contribution >= 4 is 23.2 Å². The lowest BCUT2D eigenvalue weighted by atomic mass is 9.80. The molecule has 1 saturated carbocycles. The highest BCUT2D eigenvalue weighted by molar-refractivity contribution is 6.30. The first-order chi connectivity index (χ1) is 16.9. The molecule has 180 valence electrons. The van der Waals surface area contributed by atoms with Crippen molar-refractivity contribution in [3.63, 3.8) is 0 Å². The van der Waals surface area contributed by atoms with Crippen molar-refractivity contribution in [1.29, 1.82) is 0 Å². The number of halogens is 2. The third kappa shape index (κ3) is 5.20. The standard InChI is InChI=1S/C27H26ClFN4O2/c1-17(23-8-6-22(29)16-31-23)32-26(34)20-12-18(24-7-5-21(28)15-30-24)11-19(13-20)25-14-27(35-33-25)9-3-2-4-10-27/h5-8,11-13,15-17H,2-4,9-10,14H2,1H3,(H,32,34)/t17-/m1/s1. The molecule has 6 nitrogen and oxygen atoms in total. The molecule has 1 spiro atoms. The zero-order valence-corrected chi connectivity index (χ0v) is 20.2. The molecule has 8 heteroatoms. The molecule has 0 saturated heterocycles. The van der Waals surface area contributed by atoms with Gasteiger partial charge in [-0.05, 0) is 75.1 Å². The Morgan fingerprint density at radius 1 is 1.06 bits per heavy atom. The summed E-state index contributed by atoms with van der Waals surface area (Å²) in [5, 5.41) is 7.94. The molecule has 0 unspecified atom stereocenters. The van der Waals surface area contributed by atoms with Gasteiger partial charge in [-0.1, -0.05) is 23.2 Å². The number of carbonyl (C=O) groups is 1. The van der Waals surface area contributed by atoms with E-state index in [1.165, 1.54) is 12.5 Å². The quantitative estimate of drug-likeness (QED) is 0.456. The lowest BCUT2D eigenvalue weighted by Crippen LogP contribution is -2.31. The van der Waals surface area contributed by atoms with Gasteiger partial charge in [0.1, 0.15) is 11.4 Å². The van der Waals surface area contributed by atoms with Gasteiger partial charge in [0, 0.05) is 29.3 Å². The Balaban J connectivity index is 1.45. The molecule has 1 amide bonds. The smallest absolute Gasteiger partial charge is 0.251 e. The van der Waals surface area contributed by atoms with Crippen LogP contribution in [0.4, 0.5) is 4.39 Å². The van der Waals surface area contributed by atoms with Crippen molar-refractivity contribution in [3.05, 3.63) is 82.5 Å². The molecule has 1 fully saturated rings. The van der Waals surface area contributed by atoms with E-state index >= 15 is 0 Å². The van der Waals surface area contributed by atoms with Gasteiger partial charge in [0.2, 0.25) is 0 Å². The number of amides is 1. The molecule has 2 aromatic heterocycles. The fourth-order valence-electron chi connectivity index (χ4n) is 4.76. The molecule has 2 aliphatic rings. The largest absolute Gasteiger partial charge is 0.389 e. The molecule has 35 heavy (non-hydrogen) atoms. The third-order valence-electron chi connectivity index (χ3n) is 6.70. The van der Waals surface area contributed by atoms with Crippen molar-refractivity contribution in [2.24, 2.45) is 5.16 Å². The minimum absolute atomic E-state index is 0.229. The van der Waals surface area contributed by atoms with E-state index in [0.29, 0.717) is 22.0 Å². The molecular weight excluding hydrogens is 467 g/mol. The maximum atomic E-state index is 13.3. The summed E-state index contributed by atoms with van der Waals surface area (Å²) >= 11 is 6.03. The summed E-state index contributed by atoms with van der Waals surface area (Å²) in [7, 11) is 0. The number of benzene rings is 1. The van der Waals surface area contributed by atoms with Crippen LogP contribution in [0, 0.1) is 5.82 Å². The summed E-state index contributed by atoms with van der Waals surface area (Å²) in [6, 6.07) is 11.7. The summed E-state index contributed by atoms with van der Waals surface area (Å²) in [6.45, 7) is 1.81. The van der Waals surface area contributed by atoms with E-state index in [2.05, 4.69) is 20.4 Å². The zero-order chi connectivity index (χ0) is 24.4. The number of carbonyl (C=O) groups excluding carboxylic acids is 1. The van der Waals surface area contributed by atoms with E-state index in [9.17, 15) is 9.18 Å². The fraction of sp³-hybridized carbons (Fsp3) is 0.333. The first kappa shape index (κ1) is 23.4. The van der Waals surface area contributed by atoms with Crippen molar-refractivity contribution in [2.45, 2.75) is 57.1 Å². The third-order valence-corrected chi connectivity index (χ3v) is 6.92. The number of hydrogen-bond donors (Lipinski definition) is 1. The van der Waals surface area contributed by atoms with Crippen LogP contribution in [0.1, 0.15) is 73.1 Å². The normalized spacial score (nSPS) is 17.5. The van der Waals surface area contributed by atoms with Crippen LogP contribution in [-0.2, 0) is 4.84 Å². The van der Waals surface area contributed by atoms with Gasteiger partial charge in [0.05, 0.1) is 34.4 Å². The molecule has 1 aliphatic carbocycles. The highest BCUT2D eigenvalue weighted by Crippen LogP contribution is 2.40. The lowest BCUT2D eigenvalue weighted by Gasteiger charge is -2.30. The van der Waals surface area contributed by atoms with E-state index in [4.69, 9.17) is 16.4 Å². The number of hydrogen-bond acceptors (Lipinski definition) is 5. The Labute approximate surface area is 208 Å². The second-order valence-electron chi connectivity index (χ2n) is 9.31. The average molecular weight is 493 g/mol. The molecule has 5 rings (SSSR count). The molecular formula is C27H26ClFN4O2. The Bertz CT molecular complexity index is 1260. The predicted molar refractivity (Wildman–Crippen MR) is 133 cm³/mol. The number of rotatable bonds is 5. The van der Waals surface area contributed by atoms with Crippen molar-refractivity contribution in [2.75, 3.05) is 0 Å². The Morgan fingerprint density at radius 3 is 2.57 bits per heavy atom. The molecule has 1 N–H and O–H groups in total. The average Bonchev–Trinajstić information content (AvgIpc) is 3.28. The van der Waals surface area contributed by atoms with Crippen LogP contribution >= 0.6 is 11.6 Å². The minimum Gasteiger partial charge on any atom is -0.389 e. The van der Waals surface area contributed by atoms with Gasteiger partial charge < -0.3 is 10.2 Å². The van der Waals surface area contributed by atoms with Crippen LogP contribution in [0.15, 0.2) is 60.0 Å². The molecule has 0 bridgehead atoms. The van der Waals surface area contributed by atoms with Crippen LogP contribution < -0.4 is 5.32 Å². The molecule has 3 heterocycles. The van der Waals surface area contributed by atoms with E-state index in [1.54, 1.807) is 24.4 Å². The highest BCUT2D eigenvalue weighted by atomic mass is 35.5. The number of aromatic nitrogens is 2. The SMILES string of the molecule is C[C@@H](NC(=O)c1cc(C2=NOC3(CCCCC3)C2)cc(-c2ccc(Cl)cn2)c1)c1ccc(F)cn1. The first-order valence-corrected chi connectivity index (χ1v) is 12.2. The van der Waals surface area contributed by atoms with Crippen LogP contribution in [0.25, 0.3) is 11.3 Å². The number of oxime groups is 1. The van der Waals surface area contributed by atoms with Gasteiger partial charge in [0.15, 0.2) is 0 Å². The topological polar surface area (TPSA) is 76.5 Å². The van der Waals surface area contributed by atoms with Crippen molar-refractivity contribution < 1.29 is 14.0 Å². The maximum absolute atomic E-state index is 13.3. The molecule has 1 atom stereocenters. The monoisotopic (exact) mass is 492 g/mol. The maximum Gasteiger partial charge on any atom is 0.251 e.